The Morgan fingerprint density at radius 1 is 1.20 bits per heavy atom. The number of hydrogen-bond donors (Lipinski definition) is 1. The third-order valence-electron chi connectivity index (χ3n) is 4.54. The van der Waals surface area contributed by atoms with E-state index in [-0.39, 0.29) is 6.04 Å². The molecule has 0 aromatic heterocycles. The van der Waals surface area contributed by atoms with E-state index < -0.39 is 15.6 Å². The molecule has 0 amide bonds. The van der Waals surface area contributed by atoms with E-state index in [0.717, 1.165) is 38.8 Å². The summed E-state index contributed by atoms with van der Waals surface area (Å²) < 4.78 is 25.1. The number of nitrogens with zero attached hydrogens (tertiary/aromatic N) is 2. The normalized spacial score (nSPS) is 19.7. The van der Waals surface area contributed by atoms with Gasteiger partial charge in [0.15, 0.2) is 0 Å². The van der Waals surface area contributed by atoms with Crippen LogP contribution in [0.5, 0.6) is 0 Å². The first-order valence-corrected chi connectivity index (χ1v) is 9.52. The number of β-amino-alcohol motifs (C(OH)–C–C–N with tert-alkyl or cyclic N) is 1. The zero-order chi connectivity index (χ0) is 15.4. The van der Waals surface area contributed by atoms with Crippen molar-refractivity contribution in [1.29, 1.82) is 0 Å². The summed E-state index contributed by atoms with van der Waals surface area (Å²) in [5.41, 5.74) is -0.603. The molecule has 0 aromatic carbocycles. The molecule has 120 valence electrons. The molecule has 0 bridgehead atoms. The van der Waals surface area contributed by atoms with Crippen molar-refractivity contribution >= 4 is 10.0 Å². The van der Waals surface area contributed by atoms with Gasteiger partial charge in [-0.2, -0.15) is 4.31 Å². The Balaban J connectivity index is 2.56. The van der Waals surface area contributed by atoms with Gasteiger partial charge in [-0.15, -0.1) is 0 Å². The van der Waals surface area contributed by atoms with Gasteiger partial charge in [-0.05, 0) is 38.8 Å². The van der Waals surface area contributed by atoms with Crippen molar-refractivity contribution in [1.82, 2.24) is 9.21 Å². The molecule has 0 unspecified atom stereocenters. The summed E-state index contributed by atoms with van der Waals surface area (Å²) in [5, 5.41) is 10.4. The highest BCUT2D eigenvalue weighted by molar-refractivity contribution is 7.88. The van der Waals surface area contributed by atoms with Crippen LogP contribution in [-0.2, 0) is 10.0 Å². The Kier molecular flexibility index (Phi) is 6.44. The maximum absolute atomic E-state index is 11.7. The molecule has 20 heavy (non-hydrogen) atoms. The molecule has 6 heteroatoms. The Hall–Kier alpha value is -0.170. The predicted molar refractivity (Wildman–Crippen MR) is 82.2 cm³/mol. The molecule has 1 saturated heterocycles. The molecule has 5 nitrogen and oxygen atoms in total. The highest BCUT2D eigenvalue weighted by Crippen LogP contribution is 2.22. The molecule has 0 aliphatic carbocycles. The topological polar surface area (TPSA) is 60.9 Å². The fourth-order valence-electron chi connectivity index (χ4n) is 3.02. The maximum Gasteiger partial charge on any atom is 0.211 e. The summed E-state index contributed by atoms with van der Waals surface area (Å²) in [7, 11) is -3.11. The minimum Gasteiger partial charge on any atom is -0.389 e. The lowest BCUT2D eigenvalue weighted by molar-refractivity contribution is -0.0120. The smallest absolute Gasteiger partial charge is 0.211 e. The maximum atomic E-state index is 11.7. The average Bonchev–Trinajstić information content (AvgIpc) is 2.40. The zero-order valence-corrected chi connectivity index (χ0v) is 14.1. The summed E-state index contributed by atoms with van der Waals surface area (Å²) in [6.07, 6.45) is 4.51. The van der Waals surface area contributed by atoms with E-state index in [0.29, 0.717) is 13.1 Å². The molecule has 1 rings (SSSR count). The highest BCUT2D eigenvalue weighted by Gasteiger charge is 2.32. The number of piperidine rings is 1. The average molecular weight is 306 g/mol. The van der Waals surface area contributed by atoms with E-state index >= 15 is 0 Å². The van der Waals surface area contributed by atoms with Gasteiger partial charge in [0.2, 0.25) is 10.0 Å². The van der Waals surface area contributed by atoms with Gasteiger partial charge in [0.25, 0.3) is 0 Å². The minimum absolute atomic E-state index is 0.114. The lowest BCUT2D eigenvalue weighted by Crippen LogP contribution is -2.50. The minimum atomic E-state index is -3.11. The summed E-state index contributed by atoms with van der Waals surface area (Å²) in [4.78, 5) is 2.26. The van der Waals surface area contributed by atoms with Crippen LogP contribution in [0.25, 0.3) is 0 Å². The summed E-state index contributed by atoms with van der Waals surface area (Å²) in [6, 6.07) is 0.114. The first kappa shape index (κ1) is 17.9. The van der Waals surface area contributed by atoms with E-state index in [4.69, 9.17) is 0 Å². The molecular formula is C14H30N2O3S. The van der Waals surface area contributed by atoms with Crippen molar-refractivity contribution in [2.45, 2.75) is 58.1 Å². The highest BCUT2D eigenvalue weighted by atomic mass is 32.2. The monoisotopic (exact) mass is 306 g/mol. The van der Waals surface area contributed by atoms with Gasteiger partial charge in [0, 0.05) is 19.1 Å². The van der Waals surface area contributed by atoms with Crippen molar-refractivity contribution in [2.24, 2.45) is 0 Å². The van der Waals surface area contributed by atoms with Crippen molar-refractivity contribution in [3.05, 3.63) is 0 Å². The van der Waals surface area contributed by atoms with E-state index in [1.54, 1.807) is 4.31 Å². The second-order valence-corrected chi connectivity index (χ2v) is 7.84. The molecule has 1 N–H and O–H groups in total. The quantitative estimate of drug-likeness (QED) is 0.770. The van der Waals surface area contributed by atoms with Gasteiger partial charge >= 0.3 is 0 Å². The predicted octanol–water partition coefficient (Wildman–Crippen LogP) is 1.28. The van der Waals surface area contributed by atoms with E-state index in [2.05, 4.69) is 4.90 Å². The van der Waals surface area contributed by atoms with Crippen LogP contribution >= 0.6 is 0 Å². The van der Waals surface area contributed by atoms with Gasteiger partial charge in [-0.1, -0.05) is 20.8 Å². The van der Waals surface area contributed by atoms with Gasteiger partial charge in [0.05, 0.1) is 11.9 Å². The summed E-state index contributed by atoms with van der Waals surface area (Å²) in [6.45, 7) is 8.87. The largest absolute Gasteiger partial charge is 0.389 e. The molecule has 0 radical (unpaired) electrons. The third kappa shape index (κ3) is 4.69. The Bertz CT molecular complexity index is 385. The summed E-state index contributed by atoms with van der Waals surface area (Å²) in [5.74, 6) is 0. The summed E-state index contributed by atoms with van der Waals surface area (Å²) >= 11 is 0. The van der Waals surface area contributed by atoms with Crippen LogP contribution in [0.1, 0.15) is 46.5 Å². The molecule has 1 aliphatic heterocycles. The first-order valence-electron chi connectivity index (χ1n) is 7.67. The van der Waals surface area contributed by atoms with Crippen LogP contribution in [0.3, 0.4) is 0 Å². The van der Waals surface area contributed by atoms with Crippen LogP contribution in [0.4, 0.5) is 0 Å². The standard InChI is InChI=1S/C14H30N2O3S/c1-5-14(17,6-2)12-15-10-8-13(9-11-15)16(7-3)20(4,18)19/h13,17H,5-12H2,1-4H3. The Morgan fingerprint density at radius 2 is 1.70 bits per heavy atom. The van der Waals surface area contributed by atoms with Crippen LogP contribution in [0.15, 0.2) is 0 Å². The number of rotatable bonds is 7. The Morgan fingerprint density at radius 3 is 2.05 bits per heavy atom. The van der Waals surface area contributed by atoms with Crippen molar-refractivity contribution in [2.75, 3.05) is 32.4 Å². The fourth-order valence-corrected chi connectivity index (χ4v) is 4.24. The Labute approximate surface area is 124 Å². The molecule has 1 fully saturated rings. The van der Waals surface area contributed by atoms with Gasteiger partial charge in [0.1, 0.15) is 0 Å². The molecule has 0 saturated carbocycles. The van der Waals surface area contributed by atoms with Crippen molar-refractivity contribution in [3.8, 4) is 0 Å². The molecule has 1 heterocycles. The van der Waals surface area contributed by atoms with Crippen LogP contribution in [-0.4, -0.2) is 66.8 Å². The lowest BCUT2D eigenvalue weighted by atomic mass is 9.95. The SMILES string of the molecule is CCN(C1CCN(CC(O)(CC)CC)CC1)S(C)(=O)=O. The number of likely N-dealkylation sites (tertiary alicyclic amines) is 1. The first-order chi connectivity index (χ1) is 9.25. The fraction of sp³-hybridized carbons (Fsp3) is 1.00. The van der Waals surface area contributed by atoms with Gasteiger partial charge in [-0.25, -0.2) is 8.42 Å². The third-order valence-corrected chi connectivity index (χ3v) is 5.94. The van der Waals surface area contributed by atoms with Crippen molar-refractivity contribution in [3.63, 3.8) is 0 Å². The lowest BCUT2D eigenvalue weighted by Gasteiger charge is -2.40. The molecule has 0 spiro atoms. The molecule has 1 aliphatic rings. The van der Waals surface area contributed by atoms with E-state index in [1.807, 2.05) is 20.8 Å². The van der Waals surface area contributed by atoms with Crippen LogP contribution in [0.2, 0.25) is 0 Å². The second-order valence-electron chi connectivity index (χ2n) is 5.91. The van der Waals surface area contributed by atoms with Gasteiger partial charge in [-0.3, -0.25) is 0 Å². The van der Waals surface area contributed by atoms with Crippen LogP contribution in [0, 0.1) is 0 Å². The van der Waals surface area contributed by atoms with E-state index in [1.165, 1.54) is 6.26 Å². The second kappa shape index (κ2) is 7.20. The number of hydrogen-bond acceptors (Lipinski definition) is 4. The molecule has 0 atom stereocenters. The molecule has 0 aromatic rings. The van der Waals surface area contributed by atoms with E-state index in [9.17, 15) is 13.5 Å². The number of aliphatic hydroxyl groups is 1. The van der Waals surface area contributed by atoms with Gasteiger partial charge < -0.3 is 10.0 Å². The number of sulfonamides is 1. The molecular weight excluding hydrogens is 276 g/mol. The van der Waals surface area contributed by atoms with Crippen molar-refractivity contribution < 1.29 is 13.5 Å². The van der Waals surface area contributed by atoms with Crippen LogP contribution < -0.4 is 0 Å². The zero-order valence-electron chi connectivity index (χ0n) is 13.3.